The van der Waals surface area contributed by atoms with Crippen molar-refractivity contribution in [3.05, 3.63) is 70.9 Å². The smallest absolute Gasteiger partial charge is 0.283 e. The van der Waals surface area contributed by atoms with Crippen LogP contribution in [0.25, 0.3) is 6.08 Å². The van der Waals surface area contributed by atoms with Crippen LogP contribution in [0.5, 0.6) is 0 Å². The van der Waals surface area contributed by atoms with Gasteiger partial charge in [-0.15, -0.1) is 0 Å². The van der Waals surface area contributed by atoms with Crippen LogP contribution in [0.4, 0.5) is 5.69 Å². The zero-order valence-corrected chi connectivity index (χ0v) is 19.8. The van der Waals surface area contributed by atoms with Crippen molar-refractivity contribution in [2.45, 2.75) is 57.7 Å². The minimum absolute atomic E-state index is 0.0155. The molecule has 1 fully saturated rings. The van der Waals surface area contributed by atoms with Gasteiger partial charge in [0.1, 0.15) is 5.70 Å². The summed E-state index contributed by atoms with van der Waals surface area (Å²) >= 11 is 1.32. The van der Waals surface area contributed by atoms with Crippen molar-refractivity contribution in [2.24, 2.45) is 4.99 Å². The van der Waals surface area contributed by atoms with Crippen LogP contribution in [0.15, 0.2) is 59.2 Å². The topological polar surface area (TPSA) is 61.8 Å². The molecule has 32 heavy (non-hydrogen) atoms. The van der Waals surface area contributed by atoms with E-state index in [1.54, 1.807) is 4.90 Å². The Morgan fingerprint density at radius 2 is 1.75 bits per heavy atom. The van der Waals surface area contributed by atoms with E-state index in [0.29, 0.717) is 22.8 Å². The van der Waals surface area contributed by atoms with Crippen LogP contribution < -0.4 is 10.2 Å². The lowest BCUT2D eigenvalue weighted by atomic mass is 10.0. The fraction of sp³-hybridized carbons (Fsp3) is 0.346. The van der Waals surface area contributed by atoms with E-state index < -0.39 is 0 Å². The van der Waals surface area contributed by atoms with Crippen LogP contribution in [0.1, 0.15) is 56.2 Å². The van der Waals surface area contributed by atoms with Gasteiger partial charge >= 0.3 is 0 Å². The normalized spacial score (nSPS) is 18.3. The number of carbonyl (C=O) groups is 2. The quantitative estimate of drug-likeness (QED) is 0.614. The first-order valence-corrected chi connectivity index (χ1v) is 12.0. The SMILES string of the molecule is Cc1ccc(N2C(=O)/C(=C/c3ccc(C(C)C)cc3)N=C2SC(C)C(=O)NC2CC2)cc1. The first-order valence-electron chi connectivity index (χ1n) is 11.1. The molecular weight excluding hydrogens is 418 g/mol. The zero-order chi connectivity index (χ0) is 22.8. The summed E-state index contributed by atoms with van der Waals surface area (Å²) in [6.07, 6.45) is 3.90. The van der Waals surface area contributed by atoms with Gasteiger partial charge in [0.05, 0.1) is 10.9 Å². The molecule has 1 saturated carbocycles. The maximum absolute atomic E-state index is 13.3. The number of amides is 2. The van der Waals surface area contributed by atoms with E-state index in [2.05, 4.69) is 36.3 Å². The van der Waals surface area contributed by atoms with Crippen LogP contribution >= 0.6 is 11.8 Å². The predicted octanol–water partition coefficient (Wildman–Crippen LogP) is 5.26. The summed E-state index contributed by atoms with van der Waals surface area (Å²) < 4.78 is 0. The Morgan fingerprint density at radius 3 is 2.34 bits per heavy atom. The molecule has 166 valence electrons. The number of rotatable bonds is 6. The molecule has 2 amide bonds. The van der Waals surface area contributed by atoms with E-state index in [-0.39, 0.29) is 17.1 Å². The molecule has 6 heteroatoms. The lowest BCUT2D eigenvalue weighted by Gasteiger charge is -2.20. The Hall–Kier alpha value is -2.86. The number of aliphatic imine (C=N–C) groups is 1. The highest BCUT2D eigenvalue weighted by molar-refractivity contribution is 8.15. The van der Waals surface area contributed by atoms with Crippen molar-refractivity contribution in [1.82, 2.24) is 5.32 Å². The fourth-order valence-corrected chi connectivity index (χ4v) is 4.33. The molecule has 0 aromatic heterocycles. The molecule has 0 spiro atoms. The summed E-state index contributed by atoms with van der Waals surface area (Å²) in [6.45, 7) is 8.17. The predicted molar refractivity (Wildman–Crippen MR) is 133 cm³/mol. The molecule has 0 radical (unpaired) electrons. The molecule has 2 aliphatic rings. The Labute approximate surface area is 194 Å². The van der Waals surface area contributed by atoms with E-state index in [4.69, 9.17) is 0 Å². The van der Waals surface area contributed by atoms with Gasteiger partial charge in [-0.2, -0.15) is 0 Å². The molecule has 1 heterocycles. The summed E-state index contributed by atoms with van der Waals surface area (Å²) in [6, 6.07) is 16.3. The highest BCUT2D eigenvalue weighted by Gasteiger charge is 2.35. The maximum atomic E-state index is 13.3. The Balaban J connectivity index is 1.62. The molecule has 2 aromatic carbocycles. The molecule has 1 N–H and O–H groups in total. The van der Waals surface area contributed by atoms with Gasteiger partial charge in [-0.3, -0.25) is 14.5 Å². The zero-order valence-electron chi connectivity index (χ0n) is 19.0. The molecule has 0 bridgehead atoms. The minimum Gasteiger partial charge on any atom is -0.352 e. The summed E-state index contributed by atoms with van der Waals surface area (Å²) in [5.74, 6) is 0.253. The van der Waals surface area contributed by atoms with Crippen molar-refractivity contribution in [1.29, 1.82) is 0 Å². The van der Waals surface area contributed by atoms with E-state index >= 15 is 0 Å². The second kappa shape index (κ2) is 9.33. The van der Waals surface area contributed by atoms with Crippen LogP contribution in [-0.2, 0) is 9.59 Å². The van der Waals surface area contributed by atoms with E-state index in [0.717, 1.165) is 29.7 Å². The van der Waals surface area contributed by atoms with Crippen molar-refractivity contribution in [3.8, 4) is 0 Å². The first kappa shape index (κ1) is 22.3. The summed E-state index contributed by atoms with van der Waals surface area (Å²) in [5, 5.41) is 3.22. The van der Waals surface area contributed by atoms with Gasteiger partial charge < -0.3 is 5.32 Å². The number of anilines is 1. The van der Waals surface area contributed by atoms with Gasteiger partial charge in [-0.05, 0) is 61.9 Å². The second-order valence-electron chi connectivity index (χ2n) is 8.76. The van der Waals surface area contributed by atoms with E-state index in [1.165, 1.54) is 17.3 Å². The van der Waals surface area contributed by atoms with Crippen molar-refractivity contribution >= 4 is 40.5 Å². The number of nitrogens with zero attached hydrogens (tertiary/aromatic N) is 2. The monoisotopic (exact) mass is 447 g/mol. The van der Waals surface area contributed by atoms with Gasteiger partial charge in [0, 0.05) is 6.04 Å². The molecule has 1 atom stereocenters. The van der Waals surface area contributed by atoms with E-state index in [1.807, 2.05) is 56.3 Å². The summed E-state index contributed by atoms with van der Waals surface area (Å²) in [7, 11) is 0. The number of aryl methyl sites for hydroxylation is 1. The van der Waals surface area contributed by atoms with Crippen molar-refractivity contribution in [3.63, 3.8) is 0 Å². The number of hydrogen-bond donors (Lipinski definition) is 1. The van der Waals surface area contributed by atoms with Crippen molar-refractivity contribution in [2.75, 3.05) is 4.90 Å². The number of nitrogens with one attached hydrogen (secondary N) is 1. The highest BCUT2D eigenvalue weighted by atomic mass is 32.2. The number of benzene rings is 2. The fourth-order valence-electron chi connectivity index (χ4n) is 3.39. The molecule has 1 aliphatic carbocycles. The third kappa shape index (κ3) is 5.13. The average molecular weight is 448 g/mol. The molecule has 0 saturated heterocycles. The molecule has 1 aliphatic heterocycles. The highest BCUT2D eigenvalue weighted by Crippen LogP contribution is 2.32. The van der Waals surface area contributed by atoms with Gasteiger partial charge in [0.25, 0.3) is 5.91 Å². The number of amidine groups is 1. The maximum Gasteiger partial charge on any atom is 0.283 e. The first-order chi connectivity index (χ1) is 15.3. The van der Waals surface area contributed by atoms with E-state index in [9.17, 15) is 9.59 Å². The number of carbonyl (C=O) groups excluding carboxylic acids is 2. The van der Waals surface area contributed by atoms with Crippen LogP contribution in [0.3, 0.4) is 0 Å². The second-order valence-corrected chi connectivity index (χ2v) is 10.1. The van der Waals surface area contributed by atoms with Crippen LogP contribution in [-0.4, -0.2) is 28.3 Å². The van der Waals surface area contributed by atoms with Gasteiger partial charge in [-0.1, -0.05) is 67.6 Å². The third-order valence-corrected chi connectivity index (χ3v) is 6.66. The van der Waals surface area contributed by atoms with Gasteiger partial charge in [-0.25, -0.2) is 4.99 Å². The van der Waals surface area contributed by atoms with Gasteiger partial charge in [0.2, 0.25) is 5.91 Å². The minimum atomic E-state index is -0.347. The Bertz CT molecular complexity index is 1070. The largest absolute Gasteiger partial charge is 0.352 e. The molecule has 2 aromatic rings. The van der Waals surface area contributed by atoms with Crippen LogP contribution in [0, 0.1) is 6.92 Å². The van der Waals surface area contributed by atoms with Crippen molar-refractivity contribution < 1.29 is 9.59 Å². The van der Waals surface area contributed by atoms with Gasteiger partial charge in [0.15, 0.2) is 5.17 Å². The lowest BCUT2D eigenvalue weighted by molar-refractivity contribution is -0.120. The average Bonchev–Trinajstić information content (AvgIpc) is 3.53. The Morgan fingerprint density at radius 1 is 1.09 bits per heavy atom. The molecule has 5 nitrogen and oxygen atoms in total. The third-order valence-electron chi connectivity index (χ3n) is 5.60. The molecule has 4 rings (SSSR count). The molecular formula is C26H29N3O2S. The standard InChI is InChI=1S/C26H29N3O2S/c1-16(2)20-9-7-19(8-10-20)15-23-25(31)29(22-13-5-17(3)6-14-22)26(28-23)32-18(4)24(30)27-21-11-12-21/h5-10,13-16,18,21H,11-12H2,1-4H3,(H,27,30)/b23-15-. The Kier molecular flexibility index (Phi) is 6.51. The molecule has 1 unspecified atom stereocenters. The summed E-state index contributed by atoms with van der Waals surface area (Å²) in [4.78, 5) is 32.1. The lowest BCUT2D eigenvalue weighted by Crippen LogP contribution is -2.36. The number of thioether (sulfide) groups is 1. The summed E-state index contributed by atoms with van der Waals surface area (Å²) in [5.41, 5.74) is 4.42. The number of hydrogen-bond acceptors (Lipinski definition) is 4. The van der Waals surface area contributed by atoms with Crippen LogP contribution in [0.2, 0.25) is 0 Å².